The number of hydrogen-bond acceptors (Lipinski definition) is 5. The normalized spacial score (nSPS) is 12.4. The topological polar surface area (TPSA) is 80.9 Å². The third-order valence-corrected chi connectivity index (χ3v) is 4.03. The van der Waals surface area contributed by atoms with Gasteiger partial charge in [0.05, 0.1) is 5.69 Å². The summed E-state index contributed by atoms with van der Waals surface area (Å²) < 4.78 is 40.5. The van der Waals surface area contributed by atoms with Gasteiger partial charge >= 0.3 is 6.18 Å². The van der Waals surface area contributed by atoms with Gasteiger partial charge < -0.3 is 5.73 Å². The van der Waals surface area contributed by atoms with Crippen LogP contribution in [0.25, 0.3) is 16.4 Å². The Morgan fingerprint density at radius 1 is 1.04 bits per heavy atom. The summed E-state index contributed by atoms with van der Waals surface area (Å²) >= 11 is 0. The van der Waals surface area contributed by atoms with E-state index in [1.54, 1.807) is 6.07 Å². The number of benzene rings is 2. The summed E-state index contributed by atoms with van der Waals surface area (Å²) in [7, 11) is 0. The highest BCUT2D eigenvalue weighted by Gasteiger charge is 2.35. The highest BCUT2D eigenvalue weighted by atomic mass is 19.4. The van der Waals surface area contributed by atoms with Crippen LogP contribution in [0.1, 0.15) is 11.4 Å². The fourth-order valence-electron chi connectivity index (χ4n) is 2.84. The number of azo groups is 1. The van der Waals surface area contributed by atoms with Crippen molar-refractivity contribution in [2.75, 3.05) is 5.73 Å². The average Bonchev–Trinajstić information content (AvgIpc) is 2.93. The molecule has 0 bridgehead atoms. The molecule has 0 unspecified atom stereocenters. The summed E-state index contributed by atoms with van der Waals surface area (Å²) in [5, 5.41) is 13.8. The van der Waals surface area contributed by atoms with E-state index in [9.17, 15) is 13.2 Å². The number of nitrogens with two attached hydrogens (primary N) is 1. The van der Waals surface area contributed by atoms with Crippen molar-refractivity contribution in [2.45, 2.75) is 13.1 Å². The van der Waals surface area contributed by atoms with Gasteiger partial charge in [-0.2, -0.15) is 13.2 Å². The molecular formula is C18H13F3N6. The van der Waals surface area contributed by atoms with Crippen molar-refractivity contribution >= 4 is 33.6 Å². The first kappa shape index (κ1) is 17.0. The molecule has 0 fully saturated rings. The fraction of sp³-hybridized carbons (Fsp3) is 0.111. The van der Waals surface area contributed by atoms with Crippen LogP contribution in [0.3, 0.4) is 0 Å². The first-order valence-corrected chi connectivity index (χ1v) is 7.97. The SMILES string of the molecule is Cc1cc(C(F)(F)F)n2nc(N)c(N=Nc3cccc4ccccc34)c2n1. The van der Waals surface area contributed by atoms with Crippen LogP contribution >= 0.6 is 0 Å². The summed E-state index contributed by atoms with van der Waals surface area (Å²) in [6, 6.07) is 14.0. The van der Waals surface area contributed by atoms with Gasteiger partial charge in [-0.25, -0.2) is 9.50 Å². The van der Waals surface area contributed by atoms with Gasteiger partial charge in [0.25, 0.3) is 0 Å². The van der Waals surface area contributed by atoms with Crippen LogP contribution in [0.5, 0.6) is 0 Å². The molecule has 2 aromatic carbocycles. The zero-order chi connectivity index (χ0) is 19.2. The predicted molar refractivity (Wildman–Crippen MR) is 95.3 cm³/mol. The molecule has 2 heterocycles. The first-order chi connectivity index (χ1) is 12.8. The monoisotopic (exact) mass is 370 g/mol. The van der Waals surface area contributed by atoms with Gasteiger partial charge in [-0.3, -0.25) is 0 Å². The van der Waals surface area contributed by atoms with E-state index < -0.39 is 11.9 Å². The van der Waals surface area contributed by atoms with E-state index >= 15 is 0 Å². The lowest BCUT2D eigenvalue weighted by molar-refractivity contribution is -0.142. The summed E-state index contributed by atoms with van der Waals surface area (Å²) in [6.07, 6.45) is -4.60. The molecule has 0 atom stereocenters. The van der Waals surface area contributed by atoms with Crippen LogP contribution < -0.4 is 5.73 Å². The summed E-state index contributed by atoms with van der Waals surface area (Å²) in [5.74, 6) is -0.178. The van der Waals surface area contributed by atoms with Crippen LogP contribution in [0, 0.1) is 6.92 Å². The number of rotatable bonds is 2. The zero-order valence-corrected chi connectivity index (χ0v) is 14.1. The lowest BCUT2D eigenvalue weighted by atomic mass is 10.1. The Bertz CT molecular complexity index is 1190. The second kappa shape index (κ2) is 6.04. The van der Waals surface area contributed by atoms with E-state index in [-0.39, 0.29) is 22.8 Å². The minimum atomic E-state index is -4.60. The Hall–Kier alpha value is -3.49. The standard InChI is InChI=1S/C18H13F3N6/c1-10-9-14(18(19,20)21)27-17(23-10)15(16(22)26-27)25-24-13-8-4-6-11-5-2-3-7-12(11)13/h2-9H,1H3,(H2,22,26). The molecule has 4 rings (SSSR count). The molecule has 0 radical (unpaired) electrons. The Kier molecular flexibility index (Phi) is 3.79. The Morgan fingerprint density at radius 3 is 2.56 bits per heavy atom. The molecule has 0 aliphatic carbocycles. The number of alkyl halides is 3. The molecule has 6 nitrogen and oxygen atoms in total. The summed E-state index contributed by atoms with van der Waals surface area (Å²) in [6.45, 7) is 1.46. The van der Waals surface area contributed by atoms with Gasteiger partial charge in [-0.15, -0.1) is 15.3 Å². The number of nitrogens with zero attached hydrogens (tertiary/aromatic N) is 5. The van der Waals surface area contributed by atoms with Crippen molar-refractivity contribution in [2.24, 2.45) is 10.2 Å². The van der Waals surface area contributed by atoms with Crippen LogP contribution in [-0.4, -0.2) is 14.6 Å². The van der Waals surface area contributed by atoms with Gasteiger partial charge in [-0.1, -0.05) is 36.4 Å². The molecule has 0 saturated carbocycles. The average molecular weight is 370 g/mol. The first-order valence-electron chi connectivity index (χ1n) is 7.97. The number of aryl methyl sites for hydroxylation is 1. The van der Waals surface area contributed by atoms with E-state index in [0.717, 1.165) is 16.8 Å². The molecule has 0 spiro atoms. The second-order valence-electron chi connectivity index (χ2n) is 5.95. The van der Waals surface area contributed by atoms with Crippen LogP contribution in [-0.2, 0) is 6.18 Å². The van der Waals surface area contributed by atoms with Gasteiger partial charge in [0, 0.05) is 11.1 Å². The molecule has 4 aromatic rings. The smallest absolute Gasteiger partial charge is 0.380 e. The van der Waals surface area contributed by atoms with Crippen molar-refractivity contribution in [1.29, 1.82) is 0 Å². The van der Waals surface area contributed by atoms with Gasteiger partial charge in [-0.05, 0) is 24.4 Å². The number of aromatic nitrogens is 3. The van der Waals surface area contributed by atoms with Crippen LogP contribution in [0.15, 0.2) is 58.8 Å². The Labute approximate surface area is 151 Å². The lowest BCUT2D eigenvalue weighted by Gasteiger charge is -2.09. The van der Waals surface area contributed by atoms with Crippen molar-refractivity contribution < 1.29 is 13.2 Å². The maximum Gasteiger partial charge on any atom is 0.433 e. The fourth-order valence-corrected chi connectivity index (χ4v) is 2.84. The van der Waals surface area contributed by atoms with Gasteiger partial charge in [0.1, 0.15) is 5.69 Å². The highest BCUT2D eigenvalue weighted by Crippen LogP contribution is 2.35. The van der Waals surface area contributed by atoms with E-state index in [1.165, 1.54) is 6.92 Å². The van der Waals surface area contributed by atoms with E-state index in [1.807, 2.05) is 36.4 Å². The quantitative estimate of drug-likeness (QED) is 0.492. The zero-order valence-electron chi connectivity index (χ0n) is 14.1. The molecule has 9 heteroatoms. The Balaban J connectivity index is 1.88. The summed E-state index contributed by atoms with van der Waals surface area (Å²) in [4.78, 5) is 4.11. The second-order valence-corrected chi connectivity index (χ2v) is 5.95. The number of halogens is 3. The molecule has 0 saturated heterocycles. The van der Waals surface area contributed by atoms with Crippen molar-refractivity contribution in [1.82, 2.24) is 14.6 Å². The maximum atomic E-state index is 13.3. The van der Waals surface area contributed by atoms with E-state index in [2.05, 4.69) is 20.3 Å². The number of nitrogen functional groups attached to an aromatic ring is 1. The number of hydrogen-bond donors (Lipinski definition) is 1. The predicted octanol–water partition coefficient (Wildman–Crippen LogP) is 5.21. The number of fused-ring (bicyclic) bond motifs is 2. The molecule has 0 amide bonds. The van der Waals surface area contributed by atoms with Crippen molar-refractivity contribution in [3.05, 3.63) is 59.9 Å². The molecule has 136 valence electrons. The maximum absolute atomic E-state index is 13.3. The third-order valence-electron chi connectivity index (χ3n) is 4.03. The molecule has 0 aliphatic heterocycles. The van der Waals surface area contributed by atoms with Crippen LogP contribution in [0.2, 0.25) is 0 Å². The van der Waals surface area contributed by atoms with Crippen molar-refractivity contribution in [3.63, 3.8) is 0 Å². The van der Waals surface area contributed by atoms with E-state index in [4.69, 9.17) is 5.73 Å². The highest BCUT2D eigenvalue weighted by molar-refractivity contribution is 5.92. The molecule has 2 N–H and O–H groups in total. The minimum absolute atomic E-state index is 0.00265. The number of anilines is 1. The molecular weight excluding hydrogens is 357 g/mol. The third kappa shape index (κ3) is 2.97. The van der Waals surface area contributed by atoms with Gasteiger partial charge in [0.15, 0.2) is 17.2 Å². The minimum Gasteiger partial charge on any atom is -0.380 e. The lowest BCUT2D eigenvalue weighted by Crippen LogP contribution is -2.13. The molecule has 27 heavy (non-hydrogen) atoms. The molecule has 2 aromatic heterocycles. The Morgan fingerprint density at radius 2 is 1.78 bits per heavy atom. The van der Waals surface area contributed by atoms with Gasteiger partial charge in [0.2, 0.25) is 0 Å². The molecule has 0 aliphatic rings. The largest absolute Gasteiger partial charge is 0.433 e. The summed E-state index contributed by atoms with van der Waals surface area (Å²) in [5.41, 5.74) is 5.48. The van der Waals surface area contributed by atoms with Crippen molar-refractivity contribution in [3.8, 4) is 0 Å². The van der Waals surface area contributed by atoms with Crippen LogP contribution in [0.4, 0.5) is 30.4 Å². The van der Waals surface area contributed by atoms with E-state index in [0.29, 0.717) is 10.2 Å².